The third-order valence-corrected chi connectivity index (χ3v) is 8.26. The Morgan fingerprint density at radius 1 is 0.967 bits per heavy atom. The number of hydrogen-bond acceptors (Lipinski definition) is 5. The number of ether oxygens (including phenoxy) is 1. The van der Waals surface area contributed by atoms with E-state index in [0.29, 0.717) is 5.56 Å². The highest BCUT2D eigenvalue weighted by Crippen LogP contribution is 2.39. The number of nitrogens with one attached hydrogen (secondary N) is 1. The number of imide groups is 1. The first-order valence-corrected chi connectivity index (χ1v) is 12.4. The molecule has 1 N–H and O–H groups in total. The van der Waals surface area contributed by atoms with Gasteiger partial charge in [-0.25, -0.2) is 13.1 Å². The number of amides is 2. The fourth-order valence-corrected chi connectivity index (χ4v) is 6.63. The minimum Gasteiger partial charge on any atom is -0.495 e. The number of fused-ring (bicyclic) bond motifs is 1. The lowest BCUT2D eigenvalue weighted by Gasteiger charge is -2.23. The topological polar surface area (TPSA) is 92.8 Å². The van der Waals surface area contributed by atoms with Gasteiger partial charge < -0.3 is 4.74 Å². The summed E-state index contributed by atoms with van der Waals surface area (Å²) in [6.45, 7) is 0.0978. The lowest BCUT2D eigenvalue weighted by Crippen LogP contribution is -2.36. The predicted octanol–water partition coefficient (Wildman–Crippen LogP) is 2.98. The van der Waals surface area contributed by atoms with Crippen molar-refractivity contribution < 1.29 is 22.7 Å². The molecule has 164 valence electrons. The molecule has 1 aliphatic heterocycles. The number of rotatable bonds is 6. The fraction of sp³-hybridized carbons (Fsp3) is 0.636. The highest BCUT2D eigenvalue weighted by atomic mass is 32.2. The molecule has 30 heavy (non-hydrogen) atoms. The van der Waals surface area contributed by atoms with Gasteiger partial charge in [-0.2, -0.15) is 0 Å². The molecule has 0 aromatic heterocycles. The van der Waals surface area contributed by atoms with Gasteiger partial charge in [0.2, 0.25) is 21.8 Å². The molecule has 2 aliphatic carbocycles. The van der Waals surface area contributed by atoms with Crippen LogP contribution in [0.4, 0.5) is 0 Å². The Morgan fingerprint density at radius 3 is 2.17 bits per heavy atom. The summed E-state index contributed by atoms with van der Waals surface area (Å²) >= 11 is 0. The summed E-state index contributed by atoms with van der Waals surface area (Å²) in [5, 5.41) is 0. The predicted molar refractivity (Wildman–Crippen MR) is 111 cm³/mol. The standard InChI is InChI=1S/C22H30N2O5S/c1-29-19-12-11-15(13-20(19)30(27,28)23-16-7-3-2-4-8-16)14-24-21(25)17-9-5-6-10-18(17)22(24)26/h11-13,16-18,23H,2-10,14H2,1H3. The van der Waals surface area contributed by atoms with Crippen LogP contribution in [-0.2, 0) is 26.2 Å². The normalized spacial score (nSPS) is 25.4. The van der Waals surface area contributed by atoms with Crippen LogP contribution in [0.3, 0.4) is 0 Å². The van der Waals surface area contributed by atoms with E-state index in [1.165, 1.54) is 18.1 Å². The van der Waals surface area contributed by atoms with E-state index in [1.807, 2.05) is 0 Å². The van der Waals surface area contributed by atoms with E-state index in [-0.39, 0.29) is 46.9 Å². The van der Waals surface area contributed by atoms with Gasteiger partial charge in [-0.05, 0) is 43.4 Å². The number of sulfonamides is 1. The molecule has 0 spiro atoms. The minimum absolute atomic E-state index is 0.0598. The van der Waals surface area contributed by atoms with Crippen molar-refractivity contribution in [2.75, 3.05) is 7.11 Å². The van der Waals surface area contributed by atoms with E-state index in [9.17, 15) is 18.0 Å². The summed E-state index contributed by atoms with van der Waals surface area (Å²) in [6.07, 6.45) is 8.33. The zero-order valence-corrected chi connectivity index (χ0v) is 18.2. The van der Waals surface area contributed by atoms with Gasteiger partial charge in [0.05, 0.1) is 25.5 Å². The van der Waals surface area contributed by atoms with Crippen LogP contribution in [-0.4, -0.2) is 38.3 Å². The molecule has 1 heterocycles. The van der Waals surface area contributed by atoms with Gasteiger partial charge >= 0.3 is 0 Å². The molecule has 1 aromatic rings. The van der Waals surface area contributed by atoms with Crippen LogP contribution < -0.4 is 9.46 Å². The van der Waals surface area contributed by atoms with Gasteiger partial charge in [-0.15, -0.1) is 0 Å². The van der Waals surface area contributed by atoms with Crippen LogP contribution in [0.1, 0.15) is 63.4 Å². The molecule has 2 amide bonds. The van der Waals surface area contributed by atoms with Crippen LogP contribution in [0.15, 0.2) is 23.1 Å². The Bertz CT molecular complexity index is 899. The molecular formula is C22H30N2O5S. The average molecular weight is 435 g/mol. The molecular weight excluding hydrogens is 404 g/mol. The van der Waals surface area contributed by atoms with Crippen LogP contribution in [0.25, 0.3) is 0 Å². The van der Waals surface area contributed by atoms with Crippen LogP contribution in [0, 0.1) is 11.8 Å². The smallest absolute Gasteiger partial charge is 0.244 e. The molecule has 2 unspecified atom stereocenters. The van der Waals surface area contributed by atoms with Crippen LogP contribution in [0.5, 0.6) is 5.75 Å². The Kier molecular flexibility index (Phi) is 6.16. The maximum absolute atomic E-state index is 13.1. The van der Waals surface area contributed by atoms with Gasteiger partial charge in [0.25, 0.3) is 0 Å². The number of methoxy groups -OCH3 is 1. The molecule has 8 heteroatoms. The maximum atomic E-state index is 13.1. The lowest BCUT2D eigenvalue weighted by molar-refractivity contribution is -0.140. The zero-order chi connectivity index (χ0) is 21.3. The summed E-state index contributed by atoms with van der Waals surface area (Å²) in [6, 6.07) is 4.79. The quantitative estimate of drug-likeness (QED) is 0.695. The Hall–Kier alpha value is -1.93. The van der Waals surface area contributed by atoms with Gasteiger partial charge in [-0.3, -0.25) is 14.5 Å². The first-order chi connectivity index (χ1) is 14.4. The van der Waals surface area contributed by atoms with E-state index in [4.69, 9.17) is 4.74 Å². The van der Waals surface area contributed by atoms with Gasteiger partial charge in [-0.1, -0.05) is 38.2 Å². The van der Waals surface area contributed by atoms with Crippen molar-refractivity contribution in [3.05, 3.63) is 23.8 Å². The van der Waals surface area contributed by atoms with E-state index < -0.39 is 10.0 Å². The summed E-state index contributed by atoms with van der Waals surface area (Å²) in [4.78, 5) is 26.9. The molecule has 1 saturated heterocycles. The van der Waals surface area contributed by atoms with Crippen molar-refractivity contribution in [1.29, 1.82) is 0 Å². The van der Waals surface area contributed by atoms with Gasteiger partial charge in [0, 0.05) is 6.04 Å². The minimum atomic E-state index is -3.77. The summed E-state index contributed by atoms with van der Waals surface area (Å²) in [7, 11) is -2.33. The van der Waals surface area contributed by atoms with Crippen molar-refractivity contribution in [2.45, 2.75) is 75.3 Å². The number of likely N-dealkylation sites (tertiary alicyclic amines) is 1. The Labute approximate surface area is 178 Å². The SMILES string of the molecule is COc1ccc(CN2C(=O)C3CCCCC3C2=O)cc1S(=O)(=O)NC1CCCCC1. The number of hydrogen-bond donors (Lipinski definition) is 1. The fourth-order valence-electron chi connectivity index (χ4n) is 5.10. The lowest BCUT2D eigenvalue weighted by atomic mass is 9.81. The third-order valence-electron chi connectivity index (χ3n) is 6.72. The largest absolute Gasteiger partial charge is 0.495 e. The molecule has 3 fully saturated rings. The summed E-state index contributed by atoms with van der Waals surface area (Å²) in [5.41, 5.74) is 0.611. The molecule has 3 aliphatic rings. The average Bonchev–Trinajstić information content (AvgIpc) is 2.99. The second-order valence-electron chi connectivity index (χ2n) is 8.70. The Morgan fingerprint density at radius 2 is 1.57 bits per heavy atom. The van der Waals surface area contributed by atoms with E-state index in [2.05, 4.69) is 4.72 Å². The molecule has 4 rings (SSSR count). The number of carbonyl (C=O) groups excluding carboxylic acids is 2. The highest BCUT2D eigenvalue weighted by Gasteiger charge is 2.47. The van der Waals surface area contributed by atoms with E-state index in [1.54, 1.807) is 12.1 Å². The van der Waals surface area contributed by atoms with Crippen molar-refractivity contribution in [3.8, 4) is 5.75 Å². The summed E-state index contributed by atoms with van der Waals surface area (Å²) in [5.74, 6) is -0.397. The van der Waals surface area contributed by atoms with Crippen LogP contribution in [0.2, 0.25) is 0 Å². The summed E-state index contributed by atoms with van der Waals surface area (Å²) < 4.78 is 34.2. The van der Waals surface area contributed by atoms with E-state index >= 15 is 0 Å². The van der Waals surface area contributed by atoms with Crippen LogP contribution >= 0.6 is 0 Å². The third kappa shape index (κ3) is 4.12. The first kappa shape index (κ1) is 21.3. The molecule has 7 nitrogen and oxygen atoms in total. The maximum Gasteiger partial charge on any atom is 0.244 e. The van der Waals surface area contributed by atoms with Gasteiger partial charge in [0.1, 0.15) is 10.6 Å². The second-order valence-corrected chi connectivity index (χ2v) is 10.4. The highest BCUT2D eigenvalue weighted by molar-refractivity contribution is 7.89. The Balaban J connectivity index is 1.56. The number of benzene rings is 1. The molecule has 2 atom stereocenters. The van der Waals surface area contributed by atoms with Crippen molar-refractivity contribution in [1.82, 2.24) is 9.62 Å². The van der Waals surface area contributed by atoms with Crippen molar-refractivity contribution in [3.63, 3.8) is 0 Å². The van der Waals surface area contributed by atoms with Gasteiger partial charge in [0.15, 0.2) is 0 Å². The first-order valence-electron chi connectivity index (χ1n) is 10.9. The molecule has 0 radical (unpaired) electrons. The monoisotopic (exact) mass is 434 g/mol. The van der Waals surface area contributed by atoms with Crippen molar-refractivity contribution in [2.24, 2.45) is 11.8 Å². The molecule has 0 bridgehead atoms. The van der Waals surface area contributed by atoms with Crippen molar-refractivity contribution >= 4 is 21.8 Å². The number of nitrogens with zero attached hydrogens (tertiary/aromatic N) is 1. The van der Waals surface area contributed by atoms with E-state index in [0.717, 1.165) is 57.8 Å². The zero-order valence-electron chi connectivity index (χ0n) is 17.4. The molecule has 2 saturated carbocycles. The molecule has 1 aromatic carbocycles. The second kappa shape index (κ2) is 8.67. The number of carbonyl (C=O) groups is 2.